The first-order chi connectivity index (χ1) is 12.8. The van der Waals surface area contributed by atoms with E-state index in [4.69, 9.17) is 4.98 Å². The molecule has 0 fully saturated rings. The molecule has 1 heterocycles. The van der Waals surface area contributed by atoms with Crippen LogP contribution >= 0.6 is 0 Å². The van der Waals surface area contributed by atoms with Crippen molar-refractivity contribution >= 4 is 33.5 Å². The zero-order valence-electron chi connectivity index (χ0n) is 15.3. The van der Waals surface area contributed by atoms with Gasteiger partial charge in [0.2, 0.25) is 0 Å². The number of fused-ring (bicyclic) bond motifs is 2. The largest absolute Gasteiger partial charge is 0.469 e. The number of para-hydroxylation sites is 2. The van der Waals surface area contributed by atoms with Gasteiger partial charge in [0.25, 0.3) is 0 Å². The van der Waals surface area contributed by atoms with Gasteiger partial charge in [-0.2, -0.15) is 0 Å². The Kier molecular flexibility index (Phi) is 6.42. The average Bonchev–Trinajstić information content (AvgIpc) is 2.68. The molecule has 0 radical (unpaired) electrons. The first kappa shape index (κ1) is 18.2. The molecule has 0 aliphatic heterocycles. The average molecular weight is 350 g/mol. The fourth-order valence-electron chi connectivity index (χ4n) is 3.27. The number of pyridine rings is 1. The van der Waals surface area contributed by atoms with Gasteiger partial charge in [-0.05, 0) is 25.0 Å². The Morgan fingerprint density at radius 2 is 1.46 bits per heavy atom. The standard InChI is InChI=1S/C22H26N2O2/c1-26-21(25)15-5-3-2-4-10-16-23-22-17-11-6-8-13-19(17)24-20-14-9-7-12-18(20)22/h6-9,11-14H,2-5,10,15-16H2,1H3,(H,23,24). The van der Waals surface area contributed by atoms with Crippen molar-refractivity contribution in [2.24, 2.45) is 0 Å². The van der Waals surface area contributed by atoms with Gasteiger partial charge in [-0.25, -0.2) is 4.98 Å². The van der Waals surface area contributed by atoms with E-state index in [0.29, 0.717) is 6.42 Å². The van der Waals surface area contributed by atoms with Gasteiger partial charge < -0.3 is 10.1 Å². The summed E-state index contributed by atoms with van der Waals surface area (Å²) in [5.74, 6) is -0.108. The molecule has 0 aliphatic rings. The lowest BCUT2D eigenvalue weighted by atomic mass is 10.1. The van der Waals surface area contributed by atoms with Gasteiger partial charge in [-0.1, -0.05) is 55.7 Å². The summed E-state index contributed by atoms with van der Waals surface area (Å²) in [4.78, 5) is 15.8. The summed E-state index contributed by atoms with van der Waals surface area (Å²) in [6, 6.07) is 16.6. The van der Waals surface area contributed by atoms with Crippen LogP contribution < -0.4 is 5.32 Å². The van der Waals surface area contributed by atoms with E-state index in [1.54, 1.807) is 0 Å². The van der Waals surface area contributed by atoms with Crippen molar-refractivity contribution in [1.29, 1.82) is 0 Å². The van der Waals surface area contributed by atoms with E-state index in [2.05, 4.69) is 46.5 Å². The Morgan fingerprint density at radius 3 is 2.12 bits per heavy atom. The minimum atomic E-state index is -0.108. The lowest BCUT2D eigenvalue weighted by Crippen LogP contribution is -2.03. The Balaban J connectivity index is 1.56. The summed E-state index contributed by atoms with van der Waals surface area (Å²) < 4.78 is 4.66. The first-order valence-corrected chi connectivity index (χ1v) is 9.38. The summed E-state index contributed by atoms with van der Waals surface area (Å²) >= 11 is 0. The van der Waals surface area contributed by atoms with E-state index in [-0.39, 0.29) is 5.97 Å². The Morgan fingerprint density at radius 1 is 0.885 bits per heavy atom. The minimum absolute atomic E-state index is 0.108. The quantitative estimate of drug-likeness (QED) is 0.323. The second-order valence-electron chi connectivity index (χ2n) is 6.54. The van der Waals surface area contributed by atoms with Crippen LogP contribution in [0.25, 0.3) is 21.8 Å². The highest BCUT2D eigenvalue weighted by atomic mass is 16.5. The van der Waals surface area contributed by atoms with Crippen molar-refractivity contribution in [3.8, 4) is 0 Å². The monoisotopic (exact) mass is 350 g/mol. The molecule has 0 saturated carbocycles. The highest BCUT2D eigenvalue weighted by Gasteiger charge is 2.07. The Labute approximate surface area is 154 Å². The second-order valence-corrected chi connectivity index (χ2v) is 6.54. The lowest BCUT2D eigenvalue weighted by molar-refractivity contribution is -0.140. The molecule has 0 amide bonds. The number of aromatic nitrogens is 1. The van der Waals surface area contributed by atoms with Crippen molar-refractivity contribution in [3.05, 3.63) is 48.5 Å². The number of unbranched alkanes of at least 4 members (excludes halogenated alkanes) is 4. The first-order valence-electron chi connectivity index (χ1n) is 9.38. The van der Waals surface area contributed by atoms with Gasteiger partial charge >= 0.3 is 5.97 Å². The van der Waals surface area contributed by atoms with Gasteiger partial charge in [0.15, 0.2) is 0 Å². The molecule has 0 bridgehead atoms. The van der Waals surface area contributed by atoms with E-state index < -0.39 is 0 Å². The number of hydrogen-bond donors (Lipinski definition) is 1. The maximum absolute atomic E-state index is 11.1. The van der Waals surface area contributed by atoms with Crippen LogP contribution in [0.5, 0.6) is 0 Å². The van der Waals surface area contributed by atoms with Crippen LogP contribution in [0, 0.1) is 0 Å². The molecule has 4 heteroatoms. The van der Waals surface area contributed by atoms with Gasteiger partial charge in [-0.3, -0.25) is 4.79 Å². The summed E-state index contributed by atoms with van der Waals surface area (Å²) in [6.07, 6.45) is 5.95. The van der Waals surface area contributed by atoms with Crippen LogP contribution in [0.1, 0.15) is 38.5 Å². The van der Waals surface area contributed by atoms with Gasteiger partial charge in [-0.15, -0.1) is 0 Å². The number of carbonyl (C=O) groups is 1. The lowest BCUT2D eigenvalue weighted by Gasteiger charge is -2.13. The van der Waals surface area contributed by atoms with E-state index >= 15 is 0 Å². The van der Waals surface area contributed by atoms with Crippen molar-refractivity contribution in [3.63, 3.8) is 0 Å². The molecule has 136 valence electrons. The SMILES string of the molecule is COC(=O)CCCCCCCNc1c2ccccc2nc2ccccc12. The zero-order valence-corrected chi connectivity index (χ0v) is 15.3. The number of ether oxygens (including phenoxy) is 1. The summed E-state index contributed by atoms with van der Waals surface area (Å²) in [5, 5.41) is 5.98. The topological polar surface area (TPSA) is 51.2 Å². The smallest absolute Gasteiger partial charge is 0.305 e. The number of esters is 1. The zero-order chi connectivity index (χ0) is 18.2. The molecular formula is C22H26N2O2. The Bertz CT molecular complexity index is 822. The summed E-state index contributed by atoms with van der Waals surface area (Å²) in [6.45, 7) is 0.939. The highest BCUT2D eigenvalue weighted by Crippen LogP contribution is 2.30. The number of nitrogens with zero attached hydrogens (tertiary/aromatic N) is 1. The number of rotatable bonds is 9. The normalized spacial score (nSPS) is 11.0. The van der Waals surface area contributed by atoms with Crippen molar-refractivity contribution in [2.75, 3.05) is 19.0 Å². The highest BCUT2D eigenvalue weighted by molar-refractivity contribution is 6.07. The van der Waals surface area contributed by atoms with E-state index in [9.17, 15) is 4.79 Å². The molecule has 1 N–H and O–H groups in total. The molecule has 0 saturated heterocycles. The molecule has 0 unspecified atom stereocenters. The molecule has 0 spiro atoms. The molecule has 2 aromatic carbocycles. The van der Waals surface area contributed by atoms with Crippen LogP contribution in [0.4, 0.5) is 5.69 Å². The van der Waals surface area contributed by atoms with Gasteiger partial charge in [0, 0.05) is 23.7 Å². The third-order valence-electron chi connectivity index (χ3n) is 4.67. The number of carbonyl (C=O) groups excluding carboxylic acids is 1. The van der Waals surface area contributed by atoms with Crippen molar-refractivity contribution < 1.29 is 9.53 Å². The molecule has 3 aromatic rings. The maximum Gasteiger partial charge on any atom is 0.305 e. The maximum atomic E-state index is 11.1. The van der Waals surface area contributed by atoms with Crippen LogP contribution in [0.2, 0.25) is 0 Å². The van der Waals surface area contributed by atoms with Crippen LogP contribution in [-0.4, -0.2) is 24.6 Å². The number of methoxy groups -OCH3 is 1. The predicted octanol–water partition coefficient (Wildman–Crippen LogP) is 5.31. The van der Waals surface area contributed by atoms with E-state index in [0.717, 1.165) is 49.7 Å². The van der Waals surface area contributed by atoms with Gasteiger partial charge in [0.05, 0.1) is 23.8 Å². The number of nitrogens with one attached hydrogen (secondary N) is 1. The van der Waals surface area contributed by atoms with E-state index in [1.165, 1.54) is 23.6 Å². The molecule has 4 nitrogen and oxygen atoms in total. The molecule has 1 aromatic heterocycles. The van der Waals surface area contributed by atoms with Crippen LogP contribution in [0.3, 0.4) is 0 Å². The van der Waals surface area contributed by atoms with Crippen LogP contribution in [-0.2, 0) is 9.53 Å². The van der Waals surface area contributed by atoms with Crippen molar-refractivity contribution in [2.45, 2.75) is 38.5 Å². The molecule has 0 atom stereocenters. The fraction of sp³-hybridized carbons (Fsp3) is 0.364. The third-order valence-corrected chi connectivity index (χ3v) is 4.67. The molecular weight excluding hydrogens is 324 g/mol. The van der Waals surface area contributed by atoms with Crippen LogP contribution in [0.15, 0.2) is 48.5 Å². The van der Waals surface area contributed by atoms with E-state index in [1.807, 2.05) is 12.1 Å². The predicted molar refractivity (Wildman–Crippen MR) is 107 cm³/mol. The second kappa shape index (κ2) is 9.18. The summed E-state index contributed by atoms with van der Waals surface area (Å²) in [5.41, 5.74) is 3.23. The number of anilines is 1. The molecule has 0 aliphatic carbocycles. The van der Waals surface area contributed by atoms with Crippen molar-refractivity contribution in [1.82, 2.24) is 4.98 Å². The van der Waals surface area contributed by atoms with Gasteiger partial charge in [0.1, 0.15) is 0 Å². The summed E-state index contributed by atoms with van der Waals surface area (Å²) in [7, 11) is 1.44. The molecule has 26 heavy (non-hydrogen) atoms. The number of benzene rings is 2. The third kappa shape index (κ3) is 4.51. The Hall–Kier alpha value is -2.62. The minimum Gasteiger partial charge on any atom is -0.469 e. The fourth-order valence-corrected chi connectivity index (χ4v) is 3.27. The number of hydrogen-bond acceptors (Lipinski definition) is 4. The molecule has 3 rings (SSSR count).